The summed E-state index contributed by atoms with van der Waals surface area (Å²) in [5, 5.41) is 8.34. The summed E-state index contributed by atoms with van der Waals surface area (Å²) in [4.78, 5) is 22.7. The van der Waals surface area contributed by atoms with E-state index in [1.54, 1.807) is 18.5 Å². The van der Waals surface area contributed by atoms with Gasteiger partial charge < -0.3 is 18.9 Å². The van der Waals surface area contributed by atoms with Gasteiger partial charge in [-0.25, -0.2) is 14.3 Å². The number of carbonyl (C=O) groups is 2. The van der Waals surface area contributed by atoms with Crippen molar-refractivity contribution in [1.82, 2.24) is 15.0 Å². The third-order valence-corrected chi connectivity index (χ3v) is 3.74. The number of rotatable bonds is 15. The molecule has 9 heteroatoms. The second-order valence-electron chi connectivity index (χ2n) is 6.50. The summed E-state index contributed by atoms with van der Waals surface area (Å²) in [5.74, 6) is -0.884. The van der Waals surface area contributed by atoms with E-state index in [9.17, 15) is 9.59 Å². The maximum atomic E-state index is 11.4. The minimum absolute atomic E-state index is 0.135. The van der Waals surface area contributed by atoms with Gasteiger partial charge in [0.15, 0.2) is 0 Å². The molecule has 0 aromatic carbocycles. The average Bonchev–Trinajstić information content (AvgIpc) is 3.06. The molecule has 0 spiro atoms. The maximum absolute atomic E-state index is 11.4. The first-order valence-electron chi connectivity index (χ1n) is 9.58. The van der Waals surface area contributed by atoms with Crippen LogP contribution in [0, 0.1) is 0 Å². The van der Waals surface area contributed by atoms with Gasteiger partial charge in [-0.15, -0.1) is 5.10 Å². The van der Waals surface area contributed by atoms with E-state index in [4.69, 9.17) is 18.9 Å². The van der Waals surface area contributed by atoms with Crippen LogP contribution in [0.25, 0.3) is 0 Å². The Balaban J connectivity index is 2.49. The Morgan fingerprint density at radius 1 is 0.931 bits per heavy atom. The second kappa shape index (κ2) is 13.6. The molecule has 162 valence electrons. The van der Waals surface area contributed by atoms with E-state index in [1.807, 2.05) is 0 Å². The van der Waals surface area contributed by atoms with Crippen molar-refractivity contribution >= 4 is 11.9 Å². The van der Waals surface area contributed by atoms with Crippen LogP contribution in [0.3, 0.4) is 0 Å². The number of nitrogens with zero attached hydrogens (tertiary/aromatic N) is 3. The van der Waals surface area contributed by atoms with Gasteiger partial charge in [0.25, 0.3) is 0 Å². The molecule has 1 rings (SSSR count). The lowest BCUT2D eigenvalue weighted by molar-refractivity contribution is -0.141. The Morgan fingerprint density at radius 3 is 2.00 bits per heavy atom. The predicted octanol–water partition coefficient (Wildman–Crippen LogP) is 2.35. The quantitative estimate of drug-likeness (QED) is 0.247. The minimum atomic E-state index is -0.444. The number of esters is 2. The van der Waals surface area contributed by atoms with Gasteiger partial charge in [-0.3, -0.25) is 0 Å². The largest absolute Gasteiger partial charge is 0.460 e. The third kappa shape index (κ3) is 9.49. The van der Waals surface area contributed by atoms with Crippen LogP contribution < -0.4 is 0 Å². The molecule has 1 heterocycles. The Hall–Kier alpha value is -2.52. The molecule has 0 atom stereocenters. The Morgan fingerprint density at radius 2 is 1.48 bits per heavy atom. The van der Waals surface area contributed by atoms with Crippen molar-refractivity contribution in [2.24, 2.45) is 0 Å². The summed E-state index contributed by atoms with van der Waals surface area (Å²) in [5.41, 5.74) is 2.16. The molecule has 0 bridgehead atoms. The fourth-order valence-electron chi connectivity index (χ4n) is 2.10. The zero-order chi connectivity index (χ0) is 21.6. The molecule has 1 aromatic heterocycles. The van der Waals surface area contributed by atoms with Crippen molar-refractivity contribution in [3.8, 4) is 0 Å². The number of ether oxygens (including phenoxy) is 4. The summed E-state index contributed by atoms with van der Waals surface area (Å²) in [7, 11) is 0. The number of carbonyl (C=O) groups excluding carboxylic acids is 2. The van der Waals surface area contributed by atoms with Crippen LogP contribution >= 0.6 is 0 Å². The third-order valence-electron chi connectivity index (χ3n) is 3.74. The van der Waals surface area contributed by atoms with Crippen LogP contribution in [-0.2, 0) is 48.3 Å². The van der Waals surface area contributed by atoms with Crippen molar-refractivity contribution in [2.75, 3.05) is 26.4 Å². The fourth-order valence-corrected chi connectivity index (χ4v) is 2.10. The second-order valence-corrected chi connectivity index (χ2v) is 6.50. The molecule has 29 heavy (non-hydrogen) atoms. The Labute approximate surface area is 171 Å². The van der Waals surface area contributed by atoms with Crippen LogP contribution in [0.1, 0.15) is 45.0 Å². The maximum Gasteiger partial charge on any atom is 0.333 e. The molecule has 0 unspecified atom stereocenters. The number of aryl methyl sites for hydroxylation is 1. The standard InChI is InChI=1S/C20H31N3O6/c1-6-7-8-23-18(14-27-10-12-29-20(25)16(4)5)17(21-22-23)13-26-9-11-28-19(24)15(2)3/h2,4,6-14H2,1,3,5H3. The number of aromatic nitrogens is 3. The first-order valence-corrected chi connectivity index (χ1v) is 9.58. The van der Waals surface area contributed by atoms with Crippen molar-refractivity contribution in [1.29, 1.82) is 0 Å². The van der Waals surface area contributed by atoms with Crippen LogP contribution in [0.2, 0.25) is 0 Å². The number of hydrogen-bond donors (Lipinski definition) is 0. The van der Waals surface area contributed by atoms with Gasteiger partial charge in [-0.1, -0.05) is 31.7 Å². The van der Waals surface area contributed by atoms with Gasteiger partial charge in [-0.05, 0) is 20.3 Å². The van der Waals surface area contributed by atoms with Crippen molar-refractivity contribution in [2.45, 2.75) is 53.4 Å². The highest BCUT2D eigenvalue weighted by molar-refractivity contribution is 5.87. The molecule has 1 aromatic rings. The van der Waals surface area contributed by atoms with Crippen molar-refractivity contribution in [3.63, 3.8) is 0 Å². The van der Waals surface area contributed by atoms with E-state index in [2.05, 4.69) is 30.4 Å². The van der Waals surface area contributed by atoms with Gasteiger partial charge in [0.05, 0.1) is 32.1 Å². The normalized spacial score (nSPS) is 10.6. The van der Waals surface area contributed by atoms with Crippen LogP contribution in [0.5, 0.6) is 0 Å². The van der Waals surface area contributed by atoms with E-state index in [1.165, 1.54) is 0 Å². The number of unbranched alkanes of at least 4 members (excludes halogenated alkanes) is 1. The molecule has 0 radical (unpaired) electrons. The first kappa shape index (κ1) is 24.5. The topological polar surface area (TPSA) is 102 Å². The SMILES string of the molecule is C=C(C)C(=O)OCCOCc1nnn(CCCC)c1COCCOC(=O)C(=C)C. The fraction of sp³-hybridized carbons (Fsp3) is 0.600. The van der Waals surface area contributed by atoms with E-state index in [0.717, 1.165) is 25.1 Å². The van der Waals surface area contributed by atoms with Gasteiger partial charge in [0.1, 0.15) is 18.9 Å². The van der Waals surface area contributed by atoms with Crippen LogP contribution in [-0.4, -0.2) is 53.4 Å². The van der Waals surface area contributed by atoms with Crippen molar-refractivity contribution < 1.29 is 28.5 Å². The highest BCUT2D eigenvalue weighted by atomic mass is 16.6. The summed E-state index contributed by atoms with van der Waals surface area (Å²) >= 11 is 0. The average molecular weight is 409 g/mol. The zero-order valence-electron chi connectivity index (χ0n) is 17.6. The highest BCUT2D eigenvalue weighted by Gasteiger charge is 2.14. The summed E-state index contributed by atoms with van der Waals surface area (Å²) in [6, 6.07) is 0. The highest BCUT2D eigenvalue weighted by Crippen LogP contribution is 2.10. The van der Waals surface area contributed by atoms with Crippen molar-refractivity contribution in [3.05, 3.63) is 35.7 Å². The van der Waals surface area contributed by atoms with Gasteiger partial charge in [0.2, 0.25) is 0 Å². The van der Waals surface area contributed by atoms with Crippen LogP contribution in [0.15, 0.2) is 24.3 Å². The zero-order valence-corrected chi connectivity index (χ0v) is 17.6. The molecule has 0 aliphatic carbocycles. The first-order chi connectivity index (χ1) is 13.9. The lowest BCUT2D eigenvalue weighted by atomic mass is 10.3. The lowest BCUT2D eigenvalue weighted by Crippen LogP contribution is -2.14. The summed E-state index contributed by atoms with van der Waals surface area (Å²) in [6.07, 6.45) is 1.99. The molecular formula is C20H31N3O6. The van der Waals surface area contributed by atoms with E-state index in [0.29, 0.717) is 16.8 Å². The van der Waals surface area contributed by atoms with Gasteiger partial charge in [-0.2, -0.15) is 0 Å². The van der Waals surface area contributed by atoms with Crippen LogP contribution in [0.4, 0.5) is 0 Å². The van der Waals surface area contributed by atoms with Gasteiger partial charge >= 0.3 is 11.9 Å². The van der Waals surface area contributed by atoms with E-state index >= 15 is 0 Å². The monoisotopic (exact) mass is 409 g/mol. The minimum Gasteiger partial charge on any atom is -0.460 e. The van der Waals surface area contributed by atoms with E-state index < -0.39 is 11.9 Å². The predicted molar refractivity (Wildman–Crippen MR) is 106 cm³/mol. The summed E-state index contributed by atoms with van der Waals surface area (Å²) < 4.78 is 22.9. The molecule has 0 N–H and O–H groups in total. The van der Waals surface area contributed by atoms with E-state index in [-0.39, 0.29) is 39.6 Å². The lowest BCUT2D eigenvalue weighted by Gasteiger charge is -2.10. The number of hydrogen-bond acceptors (Lipinski definition) is 8. The molecule has 0 saturated carbocycles. The molecular weight excluding hydrogens is 378 g/mol. The summed E-state index contributed by atoms with van der Waals surface area (Å²) in [6.45, 7) is 14.3. The Kier molecular flexibility index (Phi) is 11.5. The van der Waals surface area contributed by atoms with Gasteiger partial charge in [0, 0.05) is 17.7 Å². The molecule has 0 aliphatic heterocycles. The molecule has 9 nitrogen and oxygen atoms in total. The Bertz CT molecular complexity index is 698. The molecule has 0 fully saturated rings. The molecule has 0 aliphatic rings. The molecule has 0 amide bonds. The molecule has 0 saturated heterocycles. The smallest absolute Gasteiger partial charge is 0.333 e.